The molecule has 0 aromatic heterocycles. The van der Waals surface area contributed by atoms with Crippen molar-refractivity contribution in [2.75, 3.05) is 19.8 Å². The van der Waals surface area contributed by atoms with Gasteiger partial charge in [-0.25, -0.2) is 4.39 Å². The molecule has 1 aromatic rings. The summed E-state index contributed by atoms with van der Waals surface area (Å²) in [7, 11) is 0. The maximum absolute atomic E-state index is 13.4. The van der Waals surface area contributed by atoms with E-state index in [1.807, 2.05) is 6.07 Å². The highest BCUT2D eigenvalue weighted by atomic mass is 19.1. The molecule has 1 aliphatic rings. The summed E-state index contributed by atoms with van der Waals surface area (Å²) in [6.45, 7) is 6.68. The van der Waals surface area contributed by atoms with Gasteiger partial charge in [0.1, 0.15) is 5.82 Å². The predicted octanol–water partition coefficient (Wildman–Crippen LogP) is 2.87. The molecule has 0 amide bonds. The van der Waals surface area contributed by atoms with Crippen LogP contribution in [0.15, 0.2) is 24.3 Å². The summed E-state index contributed by atoms with van der Waals surface area (Å²) >= 11 is 0. The summed E-state index contributed by atoms with van der Waals surface area (Å²) in [4.78, 5) is 0. The van der Waals surface area contributed by atoms with E-state index in [4.69, 9.17) is 4.74 Å². The molecule has 0 unspecified atom stereocenters. The van der Waals surface area contributed by atoms with E-state index in [1.165, 1.54) is 6.07 Å². The third-order valence-electron chi connectivity index (χ3n) is 3.74. The second-order valence-electron chi connectivity index (χ2n) is 5.44. The first kappa shape index (κ1) is 13.5. The monoisotopic (exact) mass is 251 g/mol. The van der Waals surface area contributed by atoms with Crippen molar-refractivity contribution in [3.05, 3.63) is 35.6 Å². The maximum atomic E-state index is 13.4. The Labute approximate surface area is 109 Å². The normalized spacial score (nSPS) is 19.1. The Morgan fingerprint density at radius 2 is 2.06 bits per heavy atom. The van der Waals surface area contributed by atoms with E-state index in [0.717, 1.165) is 38.2 Å². The SMILES string of the molecule is CC(C)NCC1(c2cccc(F)c2)CCOCC1. The van der Waals surface area contributed by atoms with Crippen molar-refractivity contribution in [2.24, 2.45) is 0 Å². The zero-order valence-corrected chi connectivity index (χ0v) is 11.2. The number of benzene rings is 1. The molecule has 3 heteroatoms. The van der Waals surface area contributed by atoms with Crippen LogP contribution in [0, 0.1) is 5.82 Å². The third kappa shape index (κ3) is 3.09. The summed E-state index contributed by atoms with van der Waals surface area (Å²) in [5, 5.41) is 3.50. The van der Waals surface area contributed by atoms with Crippen LogP contribution in [0.4, 0.5) is 4.39 Å². The van der Waals surface area contributed by atoms with E-state index in [2.05, 4.69) is 19.2 Å². The summed E-state index contributed by atoms with van der Waals surface area (Å²) in [5.41, 5.74) is 1.11. The molecule has 2 nitrogen and oxygen atoms in total. The smallest absolute Gasteiger partial charge is 0.123 e. The lowest BCUT2D eigenvalue weighted by molar-refractivity contribution is 0.0491. The minimum Gasteiger partial charge on any atom is -0.381 e. The highest BCUT2D eigenvalue weighted by Gasteiger charge is 2.34. The molecule has 0 saturated carbocycles. The fraction of sp³-hybridized carbons (Fsp3) is 0.600. The lowest BCUT2D eigenvalue weighted by Crippen LogP contribution is -2.44. The van der Waals surface area contributed by atoms with Gasteiger partial charge in [0.2, 0.25) is 0 Å². The van der Waals surface area contributed by atoms with Crippen LogP contribution in [0.5, 0.6) is 0 Å². The van der Waals surface area contributed by atoms with Crippen molar-refractivity contribution >= 4 is 0 Å². The van der Waals surface area contributed by atoms with Gasteiger partial charge in [0.15, 0.2) is 0 Å². The first-order valence-electron chi connectivity index (χ1n) is 6.70. The van der Waals surface area contributed by atoms with Crippen LogP contribution in [-0.4, -0.2) is 25.8 Å². The van der Waals surface area contributed by atoms with Gasteiger partial charge in [-0.2, -0.15) is 0 Å². The summed E-state index contributed by atoms with van der Waals surface area (Å²) < 4.78 is 18.9. The van der Waals surface area contributed by atoms with Crippen LogP contribution in [0.1, 0.15) is 32.3 Å². The molecule has 2 rings (SSSR count). The number of hydrogen-bond donors (Lipinski definition) is 1. The number of hydrogen-bond acceptors (Lipinski definition) is 2. The van der Waals surface area contributed by atoms with Crippen LogP contribution in [0.2, 0.25) is 0 Å². The highest BCUT2D eigenvalue weighted by Crippen LogP contribution is 2.34. The zero-order chi connectivity index (χ0) is 13.0. The van der Waals surface area contributed by atoms with E-state index >= 15 is 0 Å². The van der Waals surface area contributed by atoms with Gasteiger partial charge in [-0.3, -0.25) is 0 Å². The standard InChI is InChI=1S/C15H22FNO/c1-12(2)17-11-15(6-8-18-9-7-15)13-4-3-5-14(16)10-13/h3-5,10,12,17H,6-9,11H2,1-2H3. The van der Waals surface area contributed by atoms with Crippen LogP contribution >= 0.6 is 0 Å². The van der Waals surface area contributed by atoms with Crippen LogP contribution < -0.4 is 5.32 Å². The van der Waals surface area contributed by atoms with Gasteiger partial charge in [0.25, 0.3) is 0 Å². The molecular weight excluding hydrogens is 229 g/mol. The van der Waals surface area contributed by atoms with E-state index < -0.39 is 0 Å². The summed E-state index contributed by atoms with van der Waals surface area (Å²) in [5.74, 6) is -0.150. The minimum atomic E-state index is -0.150. The van der Waals surface area contributed by atoms with Crippen molar-refractivity contribution in [3.8, 4) is 0 Å². The van der Waals surface area contributed by atoms with E-state index in [9.17, 15) is 4.39 Å². The molecule has 0 aliphatic carbocycles. The molecule has 1 aliphatic heterocycles. The third-order valence-corrected chi connectivity index (χ3v) is 3.74. The quantitative estimate of drug-likeness (QED) is 0.888. The molecule has 0 radical (unpaired) electrons. The topological polar surface area (TPSA) is 21.3 Å². The van der Waals surface area contributed by atoms with Gasteiger partial charge in [0, 0.05) is 31.2 Å². The average Bonchev–Trinajstić information content (AvgIpc) is 2.37. The molecule has 0 spiro atoms. The molecule has 1 N–H and O–H groups in total. The molecule has 0 atom stereocenters. The minimum absolute atomic E-state index is 0.0185. The van der Waals surface area contributed by atoms with Gasteiger partial charge in [0.05, 0.1) is 0 Å². The molecule has 1 fully saturated rings. The lowest BCUT2D eigenvalue weighted by Gasteiger charge is -2.38. The van der Waals surface area contributed by atoms with Gasteiger partial charge in [-0.15, -0.1) is 0 Å². The van der Waals surface area contributed by atoms with Gasteiger partial charge in [-0.1, -0.05) is 26.0 Å². The Morgan fingerprint density at radius 1 is 1.33 bits per heavy atom. The number of nitrogens with one attached hydrogen (secondary N) is 1. The van der Waals surface area contributed by atoms with Crippen molar-refractivity contribution < 1.29 is 9.13 Å². The second kappa shape index (κ2) is 5.81. The number of halogens is 1. The molecule has 1 aromatic carbocycles. The highest BCUT2D eigenvalue weighted by molar-refractivity contribution is 5.27. The van der Waals surface area contributed by atoms with E-state index in [1.54, 1.807) is 12.1 Å². The Balaban J connectivity index is 2.23. The zero-order valence-electron chi connectivity index (χ0n) is 11.2. The van der Waals surface area contributed by atoms with E-state index in [-0.39, 0.29) is 11.2 Å². The van der Waals surface area contributed by atoms with Crippen LogP contribution in [0.25, 0.3) is 0 Å². The molecule has 1 saturated heterocycles. The molecule has 0 bridgehead atoms. The van der Waals surface area contributed by atoms with Crippen LogP contribution in [0.3, 0.4) is 0 Å². The van der Waals surface area contributed by atoms with Crippen molar-refractivity contribution in [1.29, 1.82) is 0 Å². The average molecular weight is 251 g/mol. The van der Waals surface area contributed by atoms with Gasteiger partial charge in [-0.05, 0) is 30.5 Å². The first-order chi connectivity index (χ1) is 8.62. The Morgan fingerprint density at radius 3 is 2.67 bits per heavy atom. The molecule has 1 heterocycles. The lowest BCUT2D eigenvalue weighted by atomic mass is 9.74. The number of ether oxygens (including phenoxy) is 1. The Bertz CT molecular complexity index is 386. The Kier molecular flexibility index (Phi) is 4.36. The second-order valence-corrected chi connectivity index (χ2v) is 5.44. The van der Waals surface area contributed by atoms with Crippen molar-refractivity contribution in [3.63, 3.8) is 0 Å². The van der Waals surface area contributed by atoms with Gasteiger partial charge >= 0.3 is 0 Å². The number of rotatable bonds is 4. The van der Waals surface area contributed by atoms with Crippen LogP contribution in [-0.2, 0) is 10.2 Å². The Hall–Kier alpha value is -0.930. The summed E-state index contributed by atoms with van der Waals surface area (Å²) in [6, 6.07) is 7.46. The molecule has 100 valence electrons. The van der Waals surface area contributed by atoms with Crippen molar-refractivity contribution in [2.45, 2.75) is 38.1 Å². The van der Waals surface area contributed by atoms with Crippen molar-refractivity contribution in [1.82, 2.24) is 5.32 Å². The predicted molar refractivity (Wildman–Crippen MR) is 71.3 cm³/mol. The first-order valence-corrected chi connectivity index (χ1v) is 6.70. The summed E-state index contributed by atoms with van der Waals surface area (Å²) in [6.07, 6.45) is 1.91. The largest absolute Gasteiger partial charge is 0.381 e. The maximum Gasteiger partial charge on any atom is 0.123 e. The fourth-order valence-corrected chi connectivity index (χ4v) is 2.55. The fourth-order valence-electron chi connectivity index (χ4n) is 2.55. The van der Waals surface area contributed by atoms with Gasteiger partial charge < -0.3 is 10.1 Å². The molecular formula is C15H22FNO. The molecule has 18 heavy (non-hydrogen) atoms. The van der Waals surface area contributed by atoms with E-state index in [0.29, 0.717) is 6.04 Å².